The van der Waals surface area contributed by atoms with Crippen molar-refractivity contribution in [1.29, 1.82) is 0 Å². The molecule has 1 aliphatic heterocycles. The standard InChI is InChI=1S/C19H23NO4S/c1-4-23-18(21)15(3)25-13-14(2)17-10-20(11-17)19(22)24-12-16-8-6-5-7-9-16/h5-9,13,17H,3-4,10-12H2,1-2H3/b14-13+. The van der Waals surface area contributed by atoms with Gasteiger partial charge in [-0.1, -0.05) is 54.2 Å². The quantitative estimate of drug-likeness (QED) is 0.543. The summed E-state index contributed by atoms with van der Waals surface area (Å²) in [5, 5.41) is 1.90. The van der Waals surface area contributed by atoms with Gasteiger partial charge in [0.1, 0.15) is 6.61 Å². The van der Waals surface area contributed by atoms with Crippen LogP contribution in [0.5, 0.6) is 0 Å². The highest BCUT2D eigenvalue weighted by molar-refractivity contribution is 8.06. The van der Waals surface area contributed by atoms with Crippen LogP contribution in [0, 0.1) is 5.92 Å². The molecule has 0 radical (unpaired) electrons. The maximum atomic E-state index is 12.0. The second kappa shape index (κ2) is 9.32. The molecule has 1 heterocycles. The van der Waals surface area contributed by atoms with E-state index in [0.29, 0.717) is 24.6 Å². The van der Waals surface area contributed by atoms with Crippen molar-refractivity contribution in [1.82, 2.24) is 4.90 Å². The summed E-state index contributed by atoms with van der Waals surface area (Å²) in [6, 6.07) is 9.60. The van der Waals surface area contributed by atoms with E-state index in [0.717, 1.165) is 11.1 Å². The van der Waals surface area contributed by atoms with Crippen molar-refractivity contribution in [3.63, 3.8) is 0 Å². The monoisotopic (exact) mass is 361 g/mol. The number of hydrogen-bond donors (Lipinski definition) is 0. The van der Waals surface area contributed by atoms with Gasteiger partial charge in [0.05, 0.1) is 11.5 Å². The largest absolute Gasteiger partial charge is 0.462 e. The molecule has 134 valence electrons. The predicted octanol–water partition coefficient (Wildman–Crippen LogP) is 3.97. The van der Waals surface area contributed by atoms with Crippen molar-refractivity contribution in [2.45, 2.75) is 20.5 Å². The first-order valence-electron chi connectivity index (χ1n) is 8.16. The average Bonchev–Trinajstić information content (AvgIpc) is 2.57. The smallest absolute Gasteiger partial charge is 0.410 e. The zero-order chi connectivity index (χ0) is 18.2. The number of esters is 1. The summed E-state index contributed by atoms with van der Waals surface area (Å²) in [5.41, 5.74) is 2.08. The zero-order valence-corrected chi connectivity index (χ0v) is 15.4. The SMILES string of the molecule is C=C(S/C=C(\C)C1CN(C(=O)OCc2ccccc2)C1)C(=O)OCC. The first-order chi connectivity index (χ1) is 12.0. The van der Waals surface area contributed by atoms with Crippen LogP contribution in [0.3, 0.4) is 0 Å². The number of carbonyl (C=O) groups excluding carboxylic acids is 2. The second-order valence-corrected chi connectivity index (χ2v) is 6.73. The normalized spacial score (nSPS) is 14.6. The Bertz CT molecular complexity index is 651. The average molecular weight is 361 g/mol. The maximum absolute atomic E-state index is 12.0. The summed E-state index contributed by atoms with van der Waals surface area (Å²) < 4.78 is 10.2. The van der Waals surface area contributed by atoms with Crippen LogP contribution in [0.25, 0.3) is 0 Å². The van der Waals surface area contributed by atoms with Crippen molar-refractivity contribution in [2.24, 2.45) is 5.92 Å². The van der Waals surface area contributed by atoms with Gasteiger partial charge < -0.3 is 14.4 Å². The van der Waals surface area contributed by atoms with Gasteiger partial charge in [-0.25, -0.2) is 9.59 Å². The number of ether oxygens (including phenoxy) is 2. The van der Waals surface area contributed by atoms with E-state index >= 15 is 0 Å². The molecule has 0 unspecified atom stereocenters. The van der Waals surface area contributed by atoms with E-state index < -0.39 is 5.97 Å². The number of benzene rings is 1. The highest BCUT2D eigenvalue weighted by Crippen LogP contribution is 2.28. The first kappa shape index (κ1) is 19.1. The van der Waals surface area contributed by atoms with E-state index in [-0.39, 0.29) is 18.6 Å². The Morgan fingerprint density at radius 1 is 1.28 bits per heavy atom. The second-order valence-electron chi connectivity index (χ2n) is 5.77. The van der Waals surface area contributed by atoms with E-state index in [2.05, 4.69) is 6.58 Å². The minimum absolute atomic E-state index is 0.283. The molecule has 0 atom stereocenters. The molecule has 0 N–H and O–H groups in total. The van der Waals surface area contributed by atoms with Gasteiger partial charge in [0, 0.05) is 19.0 Å². The summed E-state index contributed by atoms with van der Waals surface area (Å²) in [7, 11) is 0. The van der Waals surface area contributed by atoms with Gasteiger partial charge in [-0.05, 0) is 24.8 Å². The van der Waals surface area contributed by atoms with E-state index in [1.54, 1.807) is 11.8 Å². The van der Waals surface area contributed by atoms with E-state index in [1.807, 2.05) is 42.7 Å². The molecule has 0 bridgehead atoms. The minimum Gasteiger partial charge on any atom is -0.462 e. The van der Waals surface area contributed by atoms with Crippen LogP contribution in [-0.4, -0.2) is 36.7 Å². The van der Waals surface area contributed by atoms with Gasteiger partial charge in [-0.3, -0.25) is 0 Å². The summed E-state index contributed by atoms with van der Waals surface area (Å²) in [5.74, 6) is -0.108. The van der Waals surface area contributed by atoms with E-state index in [9.17, 15) is 9.59 Å². The van der Waals surface area contributed by atoms with Gasteiger partial charge >= 0.3 is 12.1 Å². The van der Waals surface area contributed by atoms with Gasteiger partial charge in [-0.2, -0.15) is 0 Å². The Hall–Kier alpha value is -2.21. The molecule has 25 heavy (non-hydrogen) atoms. The number of likely N-dealkylation sites (tertiary alicyclic amines) is 1. The molecule has 1 saturated heterocycles. The molecule has 1 aromatic carbocycles. The molecule has 1 amide bonds. The molecule has 5 nitrogen and oxygen atoms in total. The molecule has 1 aliphatic rings. The van der Waals surface area contributed by atoms with Crippen LogP contribution in [-0.2, 0) is 20.9 Å². The molecule has 0 spiro atoms. The van der Waals surface area contributed by atoms with Crippen LogP contribution in [0.2, 0.25) is 0 Å². The van der Waals surface area contributed by atoms with Gasteiger partial charge in [0.15, 0.2) is 0 Å². The Morgan fingerprint density at radius 2 is 1.96 bits per heavy atom. The van der Waals surface area contributed by atoms with Crippen LogP contribution in [0.4, 0.5) is 4.79 Å². The molecule has 2 rings (SSSR count). The number of carbonyl (C=O) groups is 2. The van der Waals surface area contributed by atoms with Crippen molar-refractivity contribution in [3.05, 3.63) is 58.4 Å². The lowest BCUT2D eigenvalue weighted by molar-refractivity contribution is -0.137. The van der Waals surface area contributed by atoms with Gasteiger partial charge in [0.25, 0.3) is 0 Å². The van der Waals surface area contributed by atoms with E-state index in [1.165, 1.54) is 11.8 Å². The Morgan fingerprint density at radius 3 is 2.60 bits per heavy atom. The lowest BCUT2D eigenvalue weighted by atomic mass is 9.94. The fourth-order valence-electron chi connectivity index (χ4n) is 2.25. The van der Waals surface area contributed by atoms with Crippen LogP contribution in [0.15, 0.2) is 52.8 Å². The molecular weight excluding hydrogens is 338 g/mol. The zero-order valence-electron chi connectivity index (χ0n) is 14.6. The van der Waals surface area contributed by atoms with Crippen molar-refractivity contribution < 1.29 is 19.1 Å². The Kier molecular flexibility index (Phi) is 7.13. The van der Waals surface area contributed by atoms with Crippen molar-refractivity contribution >= 4 is 23.8 Å². The summed E-state index contributed by atoms with van der Waals surface area (Å²) in [6.45, 7) is 9.33. The summed E-state index contributed by atoms with van der Waals surface area (Å²) in [4.78, 5) is 25.5. The van der Waals surface area contributed by atoms with Crippen LogP contribution >= 0.6 is 11.8 Å². The first-order valence-corrected chi connectivity index (χ1v) is 9.04. The molecule has 0 saturated carbocycles. The van der Waals surface area contributed by atoms with Crippen LogP contribution in [0.1, 0.15) is 19.4 Å². The van der Waals surface area contributed by atoms with Crippen LogP contribution < -0.4 is 0 Å². The van der Waals surface area contributed by atoms with Gasteiger partial charge in [-0.15, -0.1) is 0 Å². The van der Waals surface area contributed by atoms with Crippen molar-refractivity contribution in [2.75, 3.05) is 19.7 Å². The fraction of sp³-hybridized carbons (Fsp3) is 0.368. The lowest BCUT2D eigenvalue weighted by Crippen LogP contribution is -2.50. The number of hydrogen-bond acceptors (Lipinski definition) is 5. The summed E-state index contributed by atoms with van der Waals surface area (Å²) >= 11 is 1.26. The molecule has 6 heteroatoms. The molecular formula is C19H23NO4S. The molecule has 0 aliphatic carbocycles. The number of rotatable bonds is 7. The molecule has 1 fully saturated rings. The Balaban J connectivity index is 1.71. The number of thioether (sulfide) groups is 1. The summed E-state index contributed by atoms with van der Waals surface area (Å²) in [6.07, 6.45) is -0.295. The third-order valence-electron chi connectivity index (χ3n) is 3.88. The topological polar surface area (TPSA) is 55.8 Å². The minimum atomic E-state index is -0.392. The highest BCUT2D eigenvalue weighted by atomic mass is 32.2. The third kappa shape index (κ3) is 5.67. The maximum Gasteiger partial charge on any atom is 0.410 e. The van der Waals surface area contributed by atoms with E-state index in [4.69, 9.17) is 9.47 Å². The fourth-order valence-corrected chi connectivity index (χ4v) is 2.92. The Labute approximate surface area is 152 Å². The van der Waals surface area contributed by atoms with Crippen molar-refractivity contribution in [3.8, 4) is 0 Å². The number of amides is 1. The number of nitrogens with zero attached hydrogens (tertiary/aromatic N) is 1. The third-order valence-corrected chi connectivity index (χ3v) is 4.82. The van der Waals surface area contributed by atoms with Gasteiger partial charge in [0.2, 0.25) is 0 Å². The predicted molar refractivity (Wildman–Crippen MR) is 98.8 cm³/mol. The molecule has 1 aromatic rings. The lowest BCUT2D eigenvalue weighted by Gasteiger charge is -2.38. The highest BCUT2D eigenvalue weighted by Gasteiger charge is 2.32. The molecule has 0 aromatic heterocycles.